The second-order valence-corrected chi connectivity index (χ2v) is 5.89. The highest BCUT2D eigenvalue weighted by molar-refractivity contribution is 5.93. The molecule has 0 spiro atoms. The third-order valence-corrected chi connectivity index (χ3v) is 4.19. The fourth-order valence-electron chi connectivity index (χ4n) is 2.70. The van der Waals surface area contributed by atoms with Crippen molar-refractivity contribution in [1.82, 2.24) is 10.4 Å². The van der Waals surface area contributed by atoms with Crippen LogP contribution < -0.4 is 19.7 Å². The smallest absolute Gasteiger partial charge is 0.274 e. The maximum absolute atomic E-state index is 12.5. The normalized spacial score (nSPS) is 13.0. The molecule has 2 N–H and O–H groups in total. The molecule has 0 radical (unpaired) electrons. The van der Waals surface area contributed by atoms with Crippen LogP contribution in [0.4, 0.5) is 0 Å². The SMILES string of the molecule is COc1ccc(OCC(=O)N2CCOc3cc(C(=O)NO)ccc3C2)cc1. The molecule has 2 aromatic carbocycles. The van der Waals surface area contributed by atoms with Crippen LogP contribution in [0.5, 0.6) is 17.2 Å². The maximum atomic E-state index is 12.5. The molecular formula is C19H20N2O6. The van der Waals surface area contributed by atoms with Crippen LogP contribution in [0.1, 0.15) is 15.9 Å². The van der Waals surface area contributed by atoms with Crippen molar-refractivity contribution in [3.05, 3.63) is 53.6 Å². The summed E-state index contributed by atoms with van der Waals surface area (Å²) in [5.74, 6) is 1.02. The van der Waals surface area contributed by atoms with Gasteiger partial charge in [0.15, 0.2) is 6.61 Å². The van der Waals surface area contributed by atoms with E-state index in [1.165, 1.54) is 0 Å². The number of carbonyl (C=O) groups excluding carboxylic acids is 2. The van der Waals surface area contributed by atoms with Gasteiger partial charge in [-0.3, -0.25) is 14.8 Å². The summed E-state index contributed by atoms with van der Waals surface area (Å²) in [4.78, 5) is 25.7. The maximum Gasteiger partial charge on any atom is 0.274 e. The summed E-state index contributed by atoms with van der Waals surface area (Å²) in [6.45, 7) is 0.959. The number of fused-ring (bicyclic) bond motifs is 1. The van der Waals surface area contributed by atoms with Gasteiger partial charge in [0.25, 0.3) is 11.8 Å². The van der Waals surface area contributed by atoms with E-state index in [-0.39, 0.29) is 18.1 Å². The molecular weight excluding hydrogens is 352 g/mol. The second kappa shape index (κ2) is 8.41. The number of hydrogen-bond acceptors (Lipinski definition) is 6. The van der Waals surface area contributed by atoms with Crippen LogP contribution in [0.15, 0.2) is 42.5 Å². The Labute approximate surface area is 156 Å². The van der Waals surface area contributed by atoms with Crippen LogP contribution in [0.25, 0.3) is 0 Å². The second-order valence-electron chi connectivity index (χ2n) is 5.89. The standard InChI is InChI=1S/C19H20N2O6/c1-25-15-4-6-16(7-5-15)27-12-18(22)21-8-9-26-17-10-13(19(23)20-24)2-3-14(17)11-21/h2-7,10,24H,8-9,11-12H2,1H3,(H,20,23). The highest BCUT2D eigenvalue weighted by Crippen LogP contribution is 2.25. The Kier molecular flexibility index (Phi) is 5.77. The molecule has 3 rings (SSSR count). The number of rotatable bonds is 5. The lowest BCUT2D eigenvalue weighted by atomic mass is 10.1. The van der Waals surface area contributed by atoms with E-state index in [4.69, 9.17) is 19.4 Å². The molecule has 0 saturated carbocycles. The zero-order chi connectivity index (χ0) is 19.2. The Balaban J connectivity index is 1.63. The summed E-state index contributed by atoms with van der Waals surface area (Å²) in [6, 6.07) is 11.8. The van der Waals surface area contributed by atoms with Crippen LogP contribution in [-0.2, 0) is 11.3 Å². The summed E-state index contributed by atoms with van der Waals surface area (Å²) in [5.41, 5.74) is 2.64. The minimum atomic E-state index is -0.619. The predicted molar refractivity (Wildman–Crippen MR) is 95.1 cm³/mol. The molecule has 0 unspecified atom stereocenters. The molecule has 142 valence electrons. The molecule has 0 bridgehead atoms. The van der Waals surface area contributed by atoms with Gasteiger partial charge in [-0.25, -0.2) is 5.48 Å². The van der Waals surface area contributed by atoms with Gasteiger partial charge in [0.1, 0.15) is 23.9 Å². The number of methoxy groups -OCH3 is 1. The van der Waals surface area contributed by atoms with E-state index in [1.54, 1.807) is 60.0 Å². The zero-order valence-corrected chi connectivity index (χ0v) is 14.8. The monoisotopic (exact) mass is 372 g/mol. The molecule has 8 nitrogen and oxygen atoms in total. The molecule has 2 aromatic rings. The van der Waals surface area contributed by atoms with Crippen LogP contribution in [0.2, 0.25) is 0 Å². The molecule has 8 heteroatoms. The molecule has 0 saturated heterocycles. The van der Waals surface area contributed by atoms with Crippen LogP contribution in [-0.4, -0.2) is 48.8 Å². The molecule has 1 heterocycles. The first-order chi connectivity index (χ1) is 13.1. The van der Waals surface area contributed by atoms with Crippen molar-refractivity contribution in [3.63, 3.8) is 0 Å². The number of carbonyl (C=O) groups is 2. The molecule has 2 amide bonds. The Morgan fingerprint density at radius 2 is 1.93 bits per heavy atom. The minimum Gasteiger partial charge on any atom is -0.497 e. The van der Waals surface area contributed by atoms with Gasteiger partial charge >= 0.3 is 0 Å². The summed E-state index contributed by atoms with van der Waals surface area (Å²) < 4.78 is 16.3. The highest BCUT2D eigenvalue weighted by atomic mass is 16.5. The van der Waals surface area contributed by atoms with E-state index in [2.05, 4.69) is 0 Å². The van der Waals surface area contributed by atoms with Crippen molar-refractivity contribution in [1.29, 1.82) is 0 Å². The van der Waals surface area contributed by atoms with Gasteiger partial charge in [-0.1, -0.05) is 6.07 Å². The zero-order valence-electron chi connectivity index (χ0n) is 14.8. The van der Waals surface area contributed by atoms with E-state index in [9.17, 15) is 9.59 Å². The molecule has 0 aromatic heterocycles. The van der Waals surface area contributed by atoms with E-state index >= 15 is 0 Å². The Morgan fingerprint density at radius 1 is 1.19 bits per heavy atom. The summed E-state index contributed by atoms with van der Waals surface area (Å²) in [6.07, 6.45) is 0. The quantitative estimate of drug-likeness (QED) is 0.611. The lowest BCUT2D eigenvalue weighted by Gasteiger charge is -2.20. The van der Waals surface area contributed by atoms with E-state index in [1.807, 2.05) is 0 Å². The average Bonchev–Trinajstić information content (AvgIpc) is 2.93. The lowest BCUT2D eigenvalue weighted by Crippen LogP contribution is -2.36. The number of hydroxylamine groups is 1. The summed E-state index contributed by atoms with van der Waals surface area (Å²) in [7, 11) is 1.58. The van der Waals surface area contributed by atoms with E-state index in [0.29, 0.717) is 36.9 Å². The fraction of sp³-hybridized carbons (Fsp3) is 0.263. The fourth-order valence-corrected chi connectivity index (χ4v) is 2.70. The number of nitrogens with zero attached hydrogens (tertiary/aromatic N) is 1. The first-order valence-electron chi connectivity index (χ1n) is 8.35. The molecule has 0 atom stereocenters. The van der Waals surface area contributed by atoms with Crippen molar-refractivity contribution >= 4 is 11.8 Å². The molecule has 1 aliphatic heterocycles. The highest BCUT2D eigenvalue weighted by Gasteiger charge is 2.21. The molecule has 1 aliphatic rings. The molecule has 27 heavy (non-hydrogen) atoms. The average molecular weight is 372 g/mol. The van der Waals surface area contributed by atoms with Gasteiger partial charge in [-0.15, -0.1) is 0 Å². The van der Waals surface area contributed by atoms with Gasteiger partial charge in [0, 0.05) is 17.7 Å². The van der Waals surface area contributed by atoms with Crippen molar-refractivity contribution in [2.75, 3.05) is 26.9 Å². The largest absolute Gasteiger partial charge is 0.497 e. The van der Waals surface area contributed by atoms with Crippen molar-refractivity contribution < 1.29 is 29.0 Å². The number of hydrogen-bond donors (Lipinski definition) is 2. The third kappa shape index (κ3) is 4.48. The first-order valence-corrected chi connectivity index (χ1v) is 8.35. The van der Waals surface area contributed by atoms with Crippen molar-refractivity contribution in [2.24, 2.45) is 0 Å². The summed E-state index contributed by atoms with van der Waals surface area (Å²) in [5, 5.41) is 8.73. The van der Waals surface area contributed by atoms with Gasteiger partial charge in [0.05, 0.1) is 13.7 Å². The van der Waals surface area contributed by atoms with E-state index in [0.717, 1.165) is 5.56 Å². The van der Waals surface area contributed by atoms with Crippen LogP contribution in [0, 0.1) is 0 Å². The lowest BCUT2D eigenvalue weighted by molar-refractivity contribution is -0.134. The van der Waals surface area contributed by atoms with Crippen LogP contribution in [0.3, 0.4) is 0 Å². The number of amides is 2. The van der Waals surface area contributed by atoms with Crippen molar-refractivity contribution in [2.45, 2.75) is 6.54 Å². The van der Waals surface area contributed by atoms with Crippen molar-refractivity contribution in [3.8, 4) is 17.2 Å². The Hall–Kier alpha value is -3.26. The van der Waals surface area contributed by atoms with Gasteiger partial charge in [0.2, 0.25) is 0 Å². The number of benzene rings is 2. The van der Waals surface area contributed by atoms with Gasteiger partial charge in [-0.05, 0) is 36.4 Å². The molecule has 0 fully saturated rings. The summed E-state index contributed by atoms with van der Waals surface area (Å²) >= 11 is 0. The van der Waals surface area contributed by atoms with E-state index < -0.39 is 5.91 Å². The Morgan fingerprint density at radius 3 is 2.63 bits per heavy atom. The first kappa shape index (κ1) is 18.5. The number of nitrogens with one attached hydrogen (secondary N) is 1. The van der Waals surface area contributed by atoms with Gasteiger partial charge < -0.3 is 19.1 Å². The minimum absolute atomic E-state index is 0.0906. The molecule has 0 aliphatic carbocycles. The van der Waals surface area contributed by atoms with Gasteiger partial charge in [-0.2, -0.15) is 0 Å². The topological polar surface area (TPSA) is 97.3 Å². The Bertz CT molecular complexity index is 821. The number of ether oxygens (including phenoxy) is 3. The predicted octanol–water partition coefficient (Wildman–Crippen LogP) is 1.61. The third-order valence-electron chi connectivity index (χ3n) is 4.19. The van der Waals surface area contributed by atoms with Crippen LogP contribution >= 0.6 is 0 Å².